The average Bonchev–Trinajstić information content (AvgIpc) is 2.29. The summed E-state index contributed by atoms with van der Waals surface area (Å²) in [5, 5.41) is 0. The number of nitrogens with two attached hydrogens (primary N) is 1. The smallest absolute Gasteiger partial charge is 0.0366 e. The van der Waals surface area contributed by atoms with Crippen molar-refractivity contribution in [2.24, 2.45) is 11.7 Å². The van der Waals surface area contributed by atoms with Crippen LogP contribution in [0.4, 0.5) is 5.69 Å². The summed E-state index contributed by atoms with van der Waals surface area (Å²) in [6, 6.07) is 8.66. The van der Waals surface area contributed by atoms with Crippen molar-refractivity contribution < 1.29 is 0 Å². The van der Waals surface area contributed by atoms with Crippen molar-refractivity contribution >= 4 is 5.69 Å². The van der Waals surface area contributed by atoms with Crippen molar-refractivity contribution in [3.8, 4) is 0 Å². The molecule has 1 aromatic rings. The van der Waals surface area contributed by atoms with Crippen LogP contribution >= 0.6 is 0 Å². The lowest BCUT2D eigenvalue weighted by molar-refractivity contribution is 0.447. The summed E-state index contributed by atoms with van der Waals surface area (Å²) in [5.74, 6) is 0.827. The number of rotatable bonds is 2. The first-order valence-corrected chi connectivity index (χ1v) is 5.83. The van der Waals surface area contributed by atoms with Crippen LogP contribution in [0.5, 0.6) is 0 Å². The number of hydrogen-bond acceptors (Lipinski definition) is 2. The second-order valence-electron chi connectivity index (χ2n) is 4.56. The van der Waals surface area contributed by atoms with E-state index >= 15 is 0 Å². The highest BCUT2D eigenvalue weighted by Gasteiger charge is 2.16. The van der Waals surface area contributed by atoms with Gasteiger partial charge < -0.3 is 10.6 Å². The summed E-state index contributed by atoms with van der Waals surface area (Å²) in [4.78, 5) is 2.48. The maximum absolute atomic E-state index is 5.59. The maximum atomic E-state index is 5.59. The van der Waals surface area contributed by atoms with E-state index in [0.717, 1.165) is 5.92 Å². The van der Waals surface area contributed by atoms with Gasteiger partial charge in [0, 0.05) is 25.3 Å². The third kappa shape index (κ3) is 2.51. The summed E-state index contributed by atoms with van der Waals surface area (Å²) in [5.41, 5.74) is 8.14. The van der Waals surface area contributed by atoms with E-state index in [9.17, 15) is 0 Å². The molecule has 2 rings (SSSR count). The molecule has 15 heavy (non-hydrogen) atoms. The van der Waals surface area contributed by atoms with Gasteiger partial charge in [-0.2, -0.15) is 0 Å². The van der Waals surface area contributed by atoms with E-state index < -0.39 is 0 Å². The van der Waals surface area contributed by atoms with Crippen LogP contribution in [0.2, 0.25) is 0 Å². The highest BCUT2D eigenvalue weighted by atomic mass is 15.1. The van der Waals surface area contributed by atoms with E-state index in [-0.39, 0.29) is 0 Å². The Hall–Kier alpha value is -1.02. The van der Waals surface area contributed by atoms with Gasteiger partial charge in [0.2, 0.25) is 0 Å². The molecule has 1 aliphatic heterocycles. The molecule has 0 unspecified atom stereocenters. The third-order valence-electron chi connectivity index (χ3n) is 3.19. The monoisotopic (exact) mass is 204 g/mol. The first-order chi connectivity index (χ1) is 7.29. The fraction of sp³-hybridized carbons (Fsp3) is 0.538. The second kappa shape index (κ2) is 4.67. The van der Waals surface area contributed by atoms with E-state index in [4.69, 9.17) is 5.73 Å². The van der Waals surface area contributed by atoms with Gasteiger partial charge in [0.05, 0.1) is 0 Å². The molecule has 1 aromatic carbocycles. The molecule has 2 heteroatoms. The molecule has 1 atom stereocenters. The lowest BCUT2D eigenvalue weighted by Gasteiger charge is -2.32. The lowest BCUT2D eigenvalue weighted by atomic mass is 9.99. The zero-order valence-corrected chi connectivity index (χ0v) is 9.45. The second-order valence-corrected chi connectivity index (χ2v) is 4.56. The molecule has 0 saturated carbocycles. The van der Waals surface area contributed by atoms with Gasteiger partial charge in [-0.3, -0.25) is 0 Å². The molecule has 1 aliphatic rings. The molecule has 1 heterocycles. The molecule has 82 valence electrons. The van der Waals surface area contributed by atoms with Crippen molar-refractivity contribution in [3.63, 3.8) is 0 Å². The van der Waals surface area contributed by atoms with Crippen molar-refractivity contribution in [2.45, 2.75) is 26.3 Å². The molecule has 2 nitrogen and oxygen atoms in total. The number of hydrogen-bond donors (Lipinski definition) is 1. The molecule has 0 aliphatic carbocycles. The lowest BCUT2D eigenvalue weighted by Crippen LogP contribution is -2.34. The van der Waals surface area contributed by atoms with Gasteiger partial charge in [0.15, 0.2) is 0 Å². The maximum Gasteiger partial charge on any atom is 0.0366 e. The minimum absolute atomic E-state index is 0.636. The first-order valence-electron chi connectivity index (χ1n) is 5.83. The summed E-state index contributed by atoms with van der Waals surface area (Å²) in [6.07, 6.45) is 2.69. The van der Waals surface area contributed by atoms with Gasteiger partial charge in [0.1, 0.15) is 0 Å². The predicted molar refractivity (Wildman–Crippen MR) is 64.9 cm³/mol. The zero-order valence-electron chi connectivity index (χ0n) is 9.45. The zero-order chi connectivity index (χ0) is 10.7. The molecular weight excluding hydrogens is 184 g/mol. The molecule has 0 radical (unpaired) electrons. The minimum Gasteiger partial charge on any atom is -0.371 e. The van der Waals surface area contributed by atoms with Crippen molar-refractivity contribution in [2.75, 3.05) is 18.0 Å². The number of anilines is 1. The molecular formula is C13H20N2. The van der Waals surface area contributed by atoms with Gasteiger partial charge in [-0.25, -0.2) is 0 Å². The van der Waals surface area contributed by atoms with Crippen LogP contribution in [0, 0.1) is 5.92 Å². The van der Waals surface area contributed by atoms with Crippen molar-refractivity contribution in [1.82, 2.24) is 0 Å². The van der Waals surface area contributed by atoms with Crippen molar-refractivity contribution in [1.29, 1.82) is 0 Å². The summed E-state index contributed by atoms with van der Waals surface area (Å²) < 4.78 is 0. The van der Waals surface area contributed by atoms with Crippen LogP contribution in [-0.4, -0.2) is 13.1 Å². The Kier molecular flexibility index (Phi) is 3.27. The van der Waals surface area contributed by atoms with E-state index in [1.165, 1.54) is 37.2 Å². The van der Waals surface area contributed by atoms with Crippen LogP contribution in [0.25, 0.3) is 0 Å². The van der Waals surface area contributed by atoms with E-state index in [1.807, 2.05) is 0 Å². The van der Waals surface area contributed by atoms with Crippen LogP contribution in [0.1, 0.15) is 25.3 Å². The summed E-state index contributed by atoms with van der Waals surface area (Å²) in [6.45, 7) is 5.37. The standard InChI is InChI=1S/C13H20N2/c1-11-3-2-8-15(10-11)13-6-4-12(9-14)5-7-13/h4-7,11H,2-3,8-10,14H2,1H3/t11-/m1/s1. The Morgan fingerprint density at radius 2 is 2.07 bits per heavy atom. The Morgan fingerprint density at radius 3 is 2.67 bits per heavy atom. The molecule has 0 amide bonds. The molecule has 0 bridgehead atoms. The highest BCUT2D eigenvalue weighted by Crippen LogP contribution is 2.22. The molecule has 0 spiro atoms. The molecule has 2 N–H and O–H groups in total. The predicted octanol–water partition coefficient (Wildman–Crippen LogP) is 2.38. The average molecular weight is 204 g/mol. The Morgan fingerprint density at radius 1 is 1.33 bits per heavy atom. The number of nitrogens with zero attached hydrogens (tertiary/aromatic N) is 1. The normalized spacial score (nSPS) is 21.7. The molecule has 0 aromatic heterocycles. The van der Waals surface area contributed by atoms with Gasteiger partial charge in [-0.05, 0) is 36.5 Å². The Labute approximate surface area is 92.1 Å². The van der Waals surface area contributed by atoms with Crippen molar-refractivity contribution in [3.05, 3.63) is 29.8 Å². The SMILES string of the molecule is C[C@@H]1CCCN(c2ccc(CN)cc2)C1. The Balaban J connectivity index is 2.07. The topological polar surface area (TPSA) is 29.3 Å². The van der Waals surface area contributed by atoms with Gasteiger partial charge in [0.25, 0.3) is 0 Å². The fourth-order valence-electron chi connectivity index (χ4n) is 2.27. The van der Waals surface area contributed by atoms with E-state index in [1.54, 1.807) is 0 Å². The number of benzene rings is 1. The van der Waals surface area contributed by atoms with Crippen LogP contribution in [0.3, 0.4) is 0 Å². The highest BCUT2D eigenvalue weighted by molar-refractivity contribution is 5.48. The van der Waals surface area contributed by atoms with Gasteiger partial charge in [-0.1, -0.05) is 19.1 Å². The van der Waals surface area contributed by atoms with Crippen LogP contribution in [-0.2, 0) is 6.54 Å². The quantitative estimate of drug-likeness (QED) is 0.801. The Bertz CT molecular complexity index is 305. The van der Waals surface area contributed by atoms with Gasteiger partial charge in [-0.15, -0.1) is 0 Å². The van der Waals surface area contributed by atoms with E-state index in [2.05, 4.69) is 36.1 Å². The van der Waals surface area contributed by atoms with E-state index in [0.29, 0.717) is 6.54 Å². The van der Waals surface area contributed by atoms with Crippen LogP contribution < -0.4 is 10.6 Å². The summed E-state index contributed by atoms with van der Waals surface area (Å²) >= 11 is 0. The largest absolute Gasteiger partial charge is 0.371 e. The third-order valence-corrected chi connectivity index (χ3v) is 3.19. The first kappa shape index (κ1) is 10.5. The molecule has 1 fully saturated rings. The minimum atomic E-state index is 0.636. The fourth-order valence-corrected chi connectivity index (χ4v) is 2.27. The van der Waals surface area contributed by atoms with Gasteiger partial charge >= 0.3 is 0 Å². The summed E-state index contributed by atoms with van der Waals surface area (Å²) in [7, 11) is 0. The van der Waals surface area contributed by atoms with Crippen LogP contribution in [0.15, 0.2) is 24.3 Å². The molecule has 1 saturated heterocycles. The number of piperidine rings is 1.